The largest absolute Gasteiger partial charge is 0.329 e. The quantitative estimate of drug-likeness (QED) is 0.885. The van der Waals surface area contributed by atoms with Crippen LogP contribution in [0.5, 0.6) is 0 Å². The molecule has 134 valence electrons. The highest BCUT2D eigenvalue weighted by Gasteiger charge is 2.43. The van der Waals surface area contributed by atoms with Crippen LogP contribution in [0.4, 0.5) is 4.79 Å². The topological polar surface area (TPSA) is 86.5 Å². The molecule has 1 unspecified atom stereocenters. The van der Waals surface area contributed by atoms with Gasteiger partial charge in [0.15, 0.2) is 0 Å². The zero-order valence-corrected chi connectivity index (χ0v) is 14.8. The lowest BCUT2D eigenvalue weighted by Gasteiger charge is -2.35. The molecule has 1 aromatic rings. The van der Waals surface area contributed by atoms with Gasteiger partial charge in [0.05, 0.1) is 6.54 Å². The van der Waals surface area contributed by atoms with Crippen molar-refractivity contribution in [1.82, 2.24) is 10.2 Å². The summed E-state index contributed by atoms with van der Waals surface area (Å²) in [4.78, 5) is 39.2. The fourth-order valence-electron chi connectivity index (χ4n) is 3.49. The number of fused-ring (bicyclic) bond motifs is 1. The predicted octanol–water partition coefficient (Wildman–Crippen LogP) is 2.79. The molecule has 3 amide bonds. The zero-order chi connectivity index (χ0) is 18.1. The molecule has 1 aliphatic carbocycles. The third kappa shape index (κ3) is 3.14. The first-order chi connectivity index (χ1) is 12.6. The summed E-state index contributed by atoms with van der Waals surface area (Å²) in [5.41, 5.74) is 0.857. The number of guanidine groups is 1. The molecule has 1 saturated heterocycles. The first-order valence-electron chi connectivity index (χ1n) is 8.68. The first-order valence-corrected chi connectivity index (χ1v) is 9.06. The summed E-state index contributed by atoms with van der Waals surface area (Å²) in [5, 5.41) is 3.35. The molecule has 1 aromatic carbocycles. The van der Waals surface area contributed by atoms with Crippen LogP contribution < -0.4 is 5.32 Å². The highest BCUT2D eigenvalue weighted by Crippen LogP contribution is 2.27. The Kier molecular flexibility index (Phi) is 4.55. The molecule has 0 spiro atoms. The maximum absolute atomic E-state index is 12.7. The Balaban J connectivity index is 1.52. The molecule has 2 aliphatic heterocycles. The number of hydrogen-bond acceptors (Lipinski definition) is 3. The normalized spacial score (nSPS) is 24.7. The summed E-state index contributed by atoms with van der Waals surface area (Å²) in [5.74, 6) is -0.387. The Morgan fingerprint density at radius 1 is 1.23 bits per heavy atom. The van der Waals surface area contributed by atoms with Gasteiger partial charge < -0.3 is 0 Å². The number of halogens is 1. The number of hydrogen-bond donors (Lipinski definition) is 1. The summed E-state index contributed by atoms with van der Waals surface area (Å²) in [6, 6.07) is 6.97. The van der Waals surface area contributed by atoms with Gasteiger partial charge in [-0.1, -0.05) is 42.6 Å². The number of rotatable bonds is 3. The number of aliphatic imine (C=N–C) groups is 3. The van der Waals surface area contributed by atoms with Crippen molar-refractivity contribution in [2.75, 3.05) is 0 Å². The molecular formula is C18H18ClN5O2. The van der Waals surface area contributed by atoms with E-state index in [-0.39, 0.29) is 17.9 Å². The van der Waals surface area contributed by atoms with Crippen molar-refractivity contribution in [2.45, 2.75) is 38.3 Å². The van der Waals surface area contributed by atoms with Crippen LogP contribution in [0.2, 0.25) is 5.02 Å². The van der Waals surface area contributed by atoms with E-state index in [1.54, 1.807) is 6.07 Å². The maximum Gasteiger partial charge on any atom is 0.329 e. The number of nitrogens with one attached hydrogen (secondary N) is 1. The van der Waals surface area contributed by atoms with Crippen LogP contribution in [-0.2, 0) is 11.3 Å². The van der Waals surface area contributed by atoms with E-state index in [4.69, 9.17) is 11.6 Å². The van der Waals surface area contributed by atoms with E-state index in [2.05, 4.69) is 20.3 Å². The second-order valence-electron chi connectivity index (χ2n) is 6.54. The summed E-state index contributed by atoms with van der Waals surface area (Å²) >= 11 is 6.12. The molecule has 1 atom stereocenters. The summed E-state index contributed by atoms with van der Waals surface area (Å²) < 4.78 is 0. The monoisotopic (exact) mass is 371 g/mol. The van der Waals surface area contributed by atoms with Crippen LogP contribution in [0.3, 0.4) is 0 Å². The minimum absolute atomic E-state index is 0.0206. The van der Waals surface area contributed by atoms with Crippen LogP contribution in [0.15, 0.2) is 39.2 Å². The molecule has 2 fully saturated rings. The number of amidine groups is 1. The van der Waals surface area contributed by atoms with Gasteiger partial charge in [0, 0.05) is 17.3 Å². The van der Waals surface area contributed by atoms with Gasteiger partial charge in [0.2, 0.25) is 11.9 Å². The van der Waals surface area contributed by atoms with Crippen LogP contribution in [0.25, 0.3) is 0 Å². The maximum atomic E-state index is 12.7. The lowest BCUT2D eigenvalue weighted by Crippen LogP contribution is -2.61. The molecule has 0 aromatic heterocycles. The molecular weight excluding hydrogens is 354 g/mol. The summed E-state index contributed by atoms with van der Waals surface area (Å²) in [6.07, 6.45) is 5.32. The third-order valence-corrected chi connectivity index (χ3v) is 5.22. The van der Waals surface area contributed by atoms with E-state index in [0.717, 1.165) is 31.2 Å². The van der Waals surface area contributed by atoms with E-state index < -0.39 is 11.9 Å². The molecule has 26 heavy (non-hydrogen) atoms. The van der Waals surface area contributed by atoms with E-state index in [1.165, 1.54) is 11.1 Å². The van der Waals surface area contributed by atoms with Crippen molar-refractivity contribution in [3.05, 3.63) is 34.9 Å². The van der Waals surface area contributed by atoms with Gasteiger partial charge in [0.1, 0.15) is 11.8 Å². The molecule has 0 bridgehead atoms. The molecule has 1 saturated carbocycles. The van der Waals surface area contributed by atoms with Gasteiger partial charge in [-0.05, 0) is 24.5 Å². The van der Waals surface area contributed by atoms with Gasteiger partial charge in [-0.2, -0.15) is 4.99 Å². The average Bonchev–Trinajstić information content (AvgIpc) is 3.15. The summed E-state index contributed by atoms with van der Waals surface area (Å²) in [7, 11) is 0. The number of urea groups is 1. The zero-order valence-electron chi connectivity index (χ0n) is 14.1. The van der Waals surface area contributed by atoms with Crippen molar-refractivity contribution in [1.29, 1.82) is 0 Å². The van der Waals surface area contributed by atoms with Crippen LogP contribution in [-0.4, -0.2) is 40.9 Å². The lowest BCUT2D eigenvalue weighted by molar-refractivity contribution is -0.130. The predicted molar refractivity (Wildman–Crippen MR) is 99.6 cm³/mol. The molecule has 7 nitrogen and oxygen atoms in total. The minimum Gasteiger partial charge on any atom is -0.294 e. The van der Waals surface area contributed by atoms with Gasteiger partial charge >= 0.3 is 6.03 Å². The molecule has 3 aliphatic rings. The Hall–Kier alpha value is -2.54. The number of amides is 3. The van der Waals surface area contributed by atoms with Crippen molar-refractivity contribution >= 4 is 41.5 Å². The first kappa shape index (κ1) is 16.9. The highest BCUT2D eigenvalue weighted by atomic mass is 35.5. The van der Waals surface area contributed by atoms with Gasteiger partial charge in [-0.3, -0.25) is 15.0 Å². The fraction of sp³-hybridized carbons (Fsp3) is 0.389. The Morgan fingerprint density at radius 3 is 2.77 bits per heavy atom. The Labute approximate surface area is 155 Å². The minimum atomic E-state index is -0.646. The van der Waals surface area contributed by atoms with Crippen LogP contribution >= 0.6 is 11.6 Å². The number of carbonyl (C=O) groups is 2. The SMILES string of the molecule is O=C1NC2=NC(=NCc3ccccc3Cl)N=CC2C(=O)N1C1CCCC1. The van der Waals surface area contributed by atoms with E-state index in [1.807, 2.05) is 18.2 Å². The number of imide groups is 1. The van der Waals surface area contributed by atoms with Crippen LogP contribution in [0.1, 0.15) is 31.2 Å². The average molecular weight is 372 g/mol. The summed E-state index contributed by atoms with van der Waals surface area (Å²) in [6.45, 7) is 0.323. The highest BCUT2D eigenvalue weighted by molar-refractivity contribution is 6.31. The molecule has 0 radical (unpaired) electrons. The Bertz CT molecular complexity index is 842. The smallest absolute Gasteiger partial charge is 0.294 e. The lowest BCUT2D eigenvalue weighted by atomic mass is 10.0. The van der Waals surface area contributed by atoms with Gasteiger partial charge in [-0.25, -0.2) is 14.8 Å². The molecule has 8 heteroatoms. The second kappa shape index (κ2) is 6.99. The third-order valence-electron chi connectivity index (χ3n) is 4.85. The van der Waals surface area contributed by atoms with Gasteiger partial charge in [-0.15, -0.1) is 0 Å². The number of carbonyl (C=O) groups excluding carboxylic acids is 2. The molecule has 1 N–H and O–H groups in total. The van der Waals surface area contributed by atoms with Crippen LogP contribution in [0, 0.1) is 5.92 Å². The van der Waals surface area contributed by atoms with Crippen molar-refractivity contribution in [3.8, 4) is 0 Å². The number of benzene rings is 1. The fourth-order valence-corrected chi connectivity index (χ4v) is 3.69. The molecule has 2 heterocycles. The standard InChI is InChI=1S/C18H18ClN5O2/c19-14-8-4-1-5-11(14)9-20-17-21-10-13-15(22-17)23-18(26)24(16(13)25)12-6-2-3-7-12/h1,4-5,8,10,12-13H,2-3,6-7,9H2,(H,20,22,23,26). The molecule has 4 rings (SSSR count). The van der Waals surface area contributed by atoms with Crippen molar-refractivity contribution < 1.29 is 9.59 Å². The van der Waals surface area contributed by atoms with E-state index in [9.17, 15) is 9.59 Å². The second-order valence-corrected chi connectivity index (χ2v) is 6.94. The Morgan fingerprint density at radius 2 is 2.00 bits per heavy atom. The van der Waals surface area contributed by atoms with Gasteiger partial charge in [0.25, 0.3) is 0 Å². The van der Waals surface area contributed by atoms with E-state index in [0.29, 0.717) is 17.4 Å². The van der Waals surface area contributed by atoms with Crippen molar-refractivity contribution in [2.24, 2.45) is 20.9 Å². The van der Waals surface area contributed by atoms with Crippen molar-refractivity contribution in [3.63, 3.8) is 0 Å². The number of nitrogens with zero attached hydrogens (tertiary/aromatic N) is 4. The van der Waals surface area contributed by atoms with E-state index >= 15 is 0 Å².